The van der Waals surface area contributed by atoms with Crippen molar-refractivity contribution >= 4 is 53.5 Å². The SMILES string of the molecule is [CH3][Sn]([CH3])([CH3])[c]1ccc2sc3ccccc3c2c1. The Labute approximate surface area is 110 Å². The maximum absolute atomic E-state index is 2.48. The molecule has 0 N–H and O–H groups in total. The van der Waals surface area contributed by atoms with Gasteiger partial charge in [0.05, 0.1) is 0 Å². The van der Waals surface area contributed by atoms with Gasteiger partial charge in [-0.1, -0.05) is 0 Å². The average Bonchev–Trinajstić information content (AvgIpc) is 2.65. The van der Waals surface area contributed by atoms with Gasteiger partial charge in [-0.2, -0.15) is 0 Å². The molecule has 0 atom stereocenters. The third-order valence-electron chi connectivity index (χ3n) is 3.24. The molecule has 0 saturated heterocycles. The van der Waals surface area contributed by atoms with Gasteiger partial charge in [-0.05, 0) is 0 Å². The molecule has 0 aliphatic heterocycles. The van der Waals surface area contributed by atoms with E-state index in [9.17, 15) is 0 Å². The number of rotatable bonds is 1. The minimum atomic E-state index is -1.94. The van der Waals surface area contributed by atoms with Crippen molar-refractivity contribution in [2.75, 3.05) is 0 Å². The Balaban J connectivity index is 2.38. The Morgan fingerprint density at radius 2 is 1.53 bits per heavy atom. The molecule has 0 radical (unpaired) electrons. The summed E-state index contributed by atoms with van der Waals surface area (Å²) in [4.78, 5) is 7.43. The van der Waals surface area contributed by atoms with E-state index in [0.717, 1.165) is 0 Å². The zero-order valence-electron chi connectivity index (χ0n) is 10.4. The first kappa shape index (κ1) is 11.5. The molecule has 2 aromatic carbocycles. The van der Waals surface area contributed by atoms with E-state index in [0.29, 0.717) is 0 Å². The summed E-state index contributed by atoms with van der Waals surface area (Å²) < 4.78 is 4.45. The van der Waals surface area contributed by atoms with Crippen LogP contribution in [0.1, 0.15) is 0 Å². The van der Waals surface area contributed by atoms with Crippen molar-refractivity contribution in [2.24, 2.45) is 0 Å². The van der Waals surface area contributed by atoms with Crippen molar-refractivity contribution in [2.45, 2.75) is 14.8 Å². The zero-order chi connectivity index (χ0) is 12.0. The Kier molecular flexibility index (Phi) is 2.71. The third-order valence-corrected chi connectivity index (χ3v) is 10.2. The molecule has 2 heteroatoms. The normalized spacial score (nSPS) is 12.4. The maximum atomic E-state index is 2.48. The van der Waals surface area contributed by atoms with Crippen molar-refractivity contribution in [3.8, 4) is 0 Å². The number of hydrogen-bond acceptors (Lipinski definition) is 1. The van der Waals surface area contributed by atoms with Gasteiger partial charge in [0.2, 0.25) is 0 Å². The van der Waals surface area contributed by atoms with Crippen molar-refractivity contribution in [3.05, 3.63) is 42.5 Å². The van der Waals surface area contributed by atoms with Crippen molar-refractivity contribution in [1.82, 2.24) is 0 Å². The molecule has 17 heavy (non-hydrogen) atoms. The molecule has 3 rings (SSSR count). The van der Waals surface area contributed by atoms with E-state index in [1.807, 2.05) is 11.3 Å². The topological polar surface area (TPSA) is 0 Å². The number of fused-ring (bicyclic) bond motifs is 3. The summed E-state index contributed by atoms with van der Waals surface area (Å²) in [6.45, 7) is 0. The first-order valence-electron chi connectivity index (χ1n) is 5.97. The van der Waals surface area contributed by atoms with Gasteiger partial charge in [0.25, 0.3) is 0 Å². The third kappa shape index (κ3) is 2.00. The molecule has 1 aromatic heterocycles. The second kappa shape index (κ2) is 3.99. The molecule has 86 valence electrons. The summed E-state index contributed by atoms with van der Waals surface area (Å²) in [7, 11) is 0. The van der Waals surface area contributed by atoms with E-state index in [1.165, 1.54) is 20.2 Å². The Bertz CT molecular complexity index is 689. The molecule has 0 spiro atoms. The Morgan fingerprint density at radius 1 is 0.824 bits per heavy atom. The van der Waals surface area contributed by atoms with Crippen LogP contribution in [0.4, 0.5) is 0 Å². The van der Waals surface area contributed by atoms with Crippen LogP contribution in [-0.2, 0) is 0 Å². The second-order valence-corrected chi connectivity index (χ2v) is 21.1. The molecule has 0 aliphatic rings. The van der Waals surface area contributed by atoms with Crippen LogP contribution in [0.3, 0.4) is 0 Å². The number of benzene rings is 2. The van der Waals surface area contributed by atoms with E-state index in [4.69, 9.17) is 0 Å². The molecule has 0 fully saturated rings. The van der Waals surface area contributed by atoms with E-state index in [-0.39, 0.29) is 0 Å². The molecule has 0 unspecified atom stereocenters. The fraction of sp³-hybridized carbons (Fsp3) is 0.200. The average molecular weight is 347 g/mol. The fourth-order valence-electron chi connectivity index (χ4n) is 2.19. The molecule has 0 bridgehead atoms. The quantitative estimate of drug-likeness (QED) is 0.565. The summed E-state index contributed by atoms with van der Waals surface area (Å²) in [5.74, 6) is 0. The molecule has 3 aromatic rings. The summed E-state index contributed by atoms with van der Waals surface area (Å²) in [5.41, 5.74) is 0. The Hall–Kier alpha value is -0.541. The summed E-state index contributed by atoms with van der Waals surface area (Å²) in [6.07, 6.45) is 0. The molecular weight excluding hydrogens is 331 g/mol. The predicted octanol–water partition coefficient (Wildman–Crippen LogP) is 4.60. The van der Waals surface area contributed by atoms with Gasteiger partial charge in [0.1, 0.15) is 0 Å². The van der Waals surface area contributed by atoms with Crippen LogP contribution in [0.15, 0.2) is 42.5 Å². The fourth-order valence-corrected chi connectivity index (χ4v) is 6.59. The van der Waals surface area contributed by atoms with Gasteiger partial charge < -0.3 is 0 Å². The van der Waals surface area contributed by atoms with Crippen molar-refractivity contribution in [3.63, 3.8) is 0 Å². The van der Waals surface area contributed by atoms with Gasteiger partial charge >= 0.3 is 111 Å². The minimum absolute atomic E-state index is 1.41. The summed E-state index contributed by atoms with van der Waals surface area (Å²) >= 11 is -0.0325. The molecular formula is C15H16SSn. The molecule has 0 nitrogen and oxygen atoms in total. The van der Waals surface area contributed by atoms with Gasteiger partial charge in [-0.15, -0.1) is 0 Å². The van der Waals surface area contributed by atoms with Crippen molar-refractivity contribution < 1.29 is 0 Å². The Morgan fingerprint density at radius 3 is 2.29 bits per heavy atom. The van der Waals surface area contributed by atoms with Crippen LogP contribution in [0.2, 0.25) is 14.8 Å². The van der Waals surface area contributed by atoms with Gasteiger partial charge in [-0.3, -0.25) is 0 Å². The monoisotopic (exact) mass is 348 g/mol. The predicted molar refractivity (Wildman–Crippen MR) is 82.3 cm³/mol. The zero-order valence-corrected chi connectivity index (χ0v) is 14.1. The summed E-state index contributed by atoms with van der Waals surface area (Å²) in [6, 6.07) is 15.9. The van der Waals surface area contributed by atoms with Crippen LogP contribution >= 0.6 is 11.3 Å². The van der Waals surface area contributed by atoms with Crippen LogP contribution < -0.4 is 3.58 Å². The van der Waals surface area contributed by atoms with Gasteiger partial charge in [0, 0.05) is 0 Å². The summed E-state index contributed by atoms with van der Waals surface area (Å²) in [5, 5.41) is 2.87. The molecule has 0 aliphatic carbocycles. The van der Waals surface area contributed by atoms with E-state index >= 15 is 0 Å². The van der Waals surface area contributed by atoms with E-state index in [2.05, 4.69) is 57.3 Å². The van der Waals surface area contributed by atoms with Crippen LogP contribution in [0.5, 0.6) is 0 Å². The number of thiophene rings is 1. The van der Waals surface area contributed by atoms with E-state index < -0.39 is 18.4 Å². The van der Waals surface area contributed by atoms with Crippen LogP contribution in [0.25, 0.3) is 20.2 Å². The molecule has 0 saturated carbocycles. The van der Waals surface area contributed by atoms with E-state index in [1.54, 1.807) is 3.58 Å². The molecule has 0 amide bonds. The van der Waals surface area contributed by atoms with Crippen LogP contribution in [0, 0.1) is 0 Å². The molecule has 1 heterocycles. The number of hydrogen-bond donors (Lipinski definition) is 0. The first-order valence-corrected chi connectivity index (χ1v) is 16.8. The standard InChI is InChI=1S/C12H7S.3CH3.Sn/c1-3-7-11-9(5-1)10-6-2-4-8-12(10)13-11;;;;/h1,3-8H;3*1H3;. The second-order valence-electron chi connectivity index (χ2n) is 5.56. The van der Waals surface area contributed by atoms with Gasteiger partial charge in [-0.25, -0.2) is 0 Å². The van der Waals surface area contributed by atoms with Gasteiger partial charge in [0.15, 0.2) is 0 Å². The van der Waals surface area contributed by atoms with Crippen molar-refractivity contribution in [1.29, 1.82) is 0 Å². The van der Waals surface area contributed by atoms with Crippen LogP contribution in [-0.4, -0.2) is 18.4 Å². The first-order chi connectivity index (χ1) is 8.05.